The number of pyridine rings is 1. The number of nitrogens with zero attached hydrogens (tertiary/aromatic N) is 1. The number of aromatic nitrogens is 1. The highest BCUT2D eigenvalue weighted by atomic mass is 35.5. The topological polar surface area (TPSA) is 34.1 Å². The molecule has 2 aromatic carbocycles. The van der Waals surface area contributed by atoms with Crippen LogP contribution in [0.1, 0.15) is 0 Å². The monoisotopic (exact) mass is 296 g/mol. The summed E-state index contributed by atoms with van der Waals surface area (Å²) >= 11 is 5.87. The van der Waals surface area contributed by atoms with E-state index >= 15 is 0 Å². The summed E-state index contributed by atoms with van der Waals surface area (Å²) in [7, 11) is 0. The molecular formula is C17H13ClN2O. The molecule has 0 aliphatic carbocycles. The van der Waals surface area contributed by atoms with Crippen LogP contribution in [0.2, 0.25) is 5.15 Å². The van der Waals surface area contributed by atoms with E-state index in [-0.39, 0.29) is 0 Å². The predicted octanol–water partition coefficient (Wildman–Crippen LogP) is 5.27. The van der Waals surface area contributed by atoms with Crippen LogP contribution in [0.25, 0.3) is 0 Å². The third-order valence-corrected chi connectivity index (χ3v) is 3.01. The summed E-state index contributed by atoms with van der Waals surface area (Å²) in [6.07, 6.45) is 0. The Morgan fingerprint density at radius 2 is 1.57 bits per heavy atom. The highest BCUT2D eigenvalue weighted by molar-refractivity contribution is 6.29. The largest absolute Gasteiger partial charge is 0.457 e. The Morgan fingerprint density at radius 1 is 0.810 bits per heavy atom. The Morgan fingerprint density at radius 3 is 2.38 bits per heavy atom. The maximum Gasteiger partial charge on any atom is 0.132 e. The Bertz CT molecular complexity index is 732. The number of hydrogen-bond donors (Lipinski definition) is 1. The molecule has 0 amide bonds. The van der Waals surface area contributed by atoms with Crippen LogP contribution in [0, 0.1) is 0 Å². The lowest BCUT2D eigenvalue weighted by Crippen LogP contribution is -1.93. The average Bonchev–Trinajstić information content (AvgIpc) is 2.49. The molecular weight excluding hydrogens is 284 g/mol. The van der Waals surface area contributed by atoms with Gasteiger partial charge < -0.3 is 10.1 Å². The summed E-state index contributed by atoms with van der Waals surface area (Å²) in [4.78, 5) is 4.20. The van der Waals surface area contributed by atoms with E-state index < -0.39 is 0 Å². The van der Waals surface area contributed by atoms with Crippen molar-refractivity contribution in [3.8, 4) is 11.5 Å². The standard InChI is InChI=1S/C17H13ClN2O/c18-16-10-5-11-17(20-16)19-13-6-4-9-15(12-13)21-14-7-2-1-3-8-14/h1-12H,(H,19,20). The van der Waals surface area contributed by atoms with E-state index in [1.165, 1.54) is 0 Å². The Balaban J connectivity index is 1.77. The van der Waals surface area contributed by atoms with Gasteiger partial charge >= 0.3 is 0 Å². The number of rotatable bonds is 4. The van der Waals surface area contributed by atoms with E-state index in [0.717, 1.165) is 17.2 Å². The van der Waals surface area contributed by atoms with Crippen molar-refractivity contribution in [2.24, 2.45) is 0 Å². The minimum Gasteiger partial charge on any atom is -0.457 e. The molecule has 0 radical (unpaired) electrons. The minimum atomic E-state index is 0.455. The number of anilines is 2. The molecule has 0 bridgehead atoms. The van der Waals surface area contributed by atoms with Crippen molar-refractivity contribution in [1.29, 1.82) is 0 Å². The number of ether oxygens (including phenoxy) is 1. The van der Waals surface area contributed by atoms with Crippen molar-refractivity contribution < 1.29 is 4.74 Å². The maximum absolute atomic E-state index is 5.87. The molecule has 21 heavy (non-hydrogen) atoms. The summed E-state index contributed by atoms with van der Waals surface area (Å²) in [5.41, 5.74) is 0.887. The summed E-state index contributed by atoms with van der Waals surface area (Å²) in [5, 5.41) is 3.65. The minimum absolute atomic E-state index is 0.455. The second-order valence-corrected chi connectivity index (χ2v) is 4.80. The maximum atomic E-state index is 5.87. The number of benzene rings is 2. The number of para-hydroxylation sites is 1. The van der Waals surface area contributed by atoms with E-state index in [9.17, 15) is 0 Å². The molecule has 0 fully saturated rings. The number of nitrogens with one attached hydrogen (secondary N) is 1. The lowest BCUT2D eigenvalue weighted by molar-refractivity contribution is 0.483. The van der Waals surface area contributed by atoms with Gasteiger partial charge in [-0.1, -0.05) is 41.9 Å². The molecule has 1 heterocycles. The Labute approximate surface area is 128 Å². The zero-order valence-electron chi connectivity index (χ0n) is 11.2. The molecule has 0 spiro atoms. The highest BCUT2D eigenvalue weighted by Crippen LogP contribution is 2.25. The highest BCUT2D eigenvalue weighted by Gasteiger charge is 2.00. The molecule has 1 N–H and O–H groups in total. The average molecular weight is 297 g/mol. The van der Waals surface area contributed by atoms with Crippen LogP contribution in [0.5, 0.6) is 11.5 Å². The molecule has 0 saturated carbocycles. The van der Waals surface area contributed by atoms with E-state index in [1.807, 2.05) is 66.7 Å². The first-order valence-corrected chi connectivity index (χ1v) is 6.90. The van der Waals surface area contributed by atoms with Crippen molar-refractivity contribution in [2.75, 3.05) is 5.32 Å². The molecule has 3 rings (SSSR count). The van der Waals surface area contributed by atoms with Gasteiger partial charge in [0.1, 0.15) is 22.5 Å². The molecule has 0 aliphatic heterocycles. The van der Waals surface area contributed by atoms with Gasteiger partial charge in [0.15, 0.2) is 0 Å². The van der Waals surface area contributed by atoms with Gasteiger partial charge in [0, 0.05) is 11.8 Å². The molecule has 0 unspecified atom stereocenters. The fraction of sp³-hybridized carbons (Fsp3) is 0. The van der Waals surface area contributed by atoms with Crippen molar-refractivity contribution >= 4 is 23.1 Å². The lowest BCUT2D eigenvalue weighted by atomic mass is 10.3. The van der Waals surface area contributed by atoms with Gasteiger partial charge in [0.2, 0.25) is 0 Å². The quantitative estimate of drug-likeness (QED) is 0.666. The fourth-order valence-electron chi connectivity index (χ4n) is 1.89. The van der Waals surface area contributed by atoms with Crippen molar-refractivity contribution in [3.63, 3.8) is 0 Å². The van der Waals surface area contributed by atoms with E-state index in [2.05, 4.69) is 10.3 Å². The molecule has 0 atom stereocenters. The van der Waals surface area contributed by atoms with Crippen molar-refractivity contribution in [2.45, 2.75) is 0 Å². The van der Waals surface area contributed by atoms with Crippen LogP contribution in [0.15, 0.2) is 72.8 Å². The van der Waals surface area contributed by atoms with Gasteiger partial charge in [-0.3, -0.25) is 0 Å². The number of halogens is 1. The van der Waals surface area contributed by atoms with Gasteiger partial charge in [-0.05, 0) is 36.4 Å². The first kappa shape index (κ1) is 13.5. The lowest BCUT2D eigenvalue weighted by Gasteiger charge is -2.09. The van der Waals surface area contributed by atoms with Crippen LogP contribution < -0.4 is 10.1 Å². The molecule has 104 valence electrons. The summed E-state index contributed by atoms with van der Waals surface area (Å²) in [6.45, 7) is 0. The van der Waals surface area contributed by atoms with E-state index in [1.54, 1.807) is 6.07 Å². The summed E-state index contributed by atoms with van der Waals surface area (Å²) < 4.78 is 5.79. The molecule has 1 aromatic heterocycles. The van der Waals surface area contributed by atoms with Crippen LogP contribution >= 0.6 is 11.6 Å². The third-order valence-electron chi connectivity index (χ3n) is 2.80. The first-order valence-electron chi connectivity index (χ1n) is 6.52. The third kappa shape index (κ3) is 3.74. The first-order chi connectivity index (χ1) is 10.3. The molecule has 0 saturated heterocycles. The van der Waals surface area contributed by atoms with Gasteiger partial charge in [-0.25, -0.2) is 4.98 Å². The Kier molecular flexibility index (Phi) is 4.03. The second kappa shape index (κ2) is 6.29. The van der Waals surface area contributed by atoms with Crippen LogP contribution in [-0.4, -0.2) is 4.98 Å². The van der Waals surface area contributed by atoms with E-state index in [4.69, 9.17) is 16.3 Å². The summed E-state index contributed by atoms with van der Waals surface area (Å²) in [6, 6.07) is 22.8. The zero-order valence-corrected chi connectivity index (χ0v) is 11.9. The molecule has 0 aliphatic rings. The molecule has 3 aromatic rings. The molecule has 3 nitrogen and oxygen atoms in total. The Hall–Kier alpha value is -2.52. The van der Waals surface area contributed by atoms with Gasteiger partial charge in [-0.2, -0.15) is 0 Å². The molecule has 4 heteroatoms. The van der Waals surface area contributed by atoms with E-state index in [0.29, 0.717) is 11.0 Å². The fourth-order valence-corrected chi connectivity index (χ4v) is 2.05. The van der Waals surface area contributed by atoms with Crippen LogP contribution in [0.3, 0.4) is 0 Å². The smallest absolute Gasteiger partial charge is 0.132 e. The van der Waals surface area contributed by atoms with Crippen LogP contribution in [-0.2, 0) is 0 Å². The van der Waals surface area contributed by atoms with Crippen LogP contribution in [0.4, 0.5) is 11.5 Å². The van der Waals surface area contributed by atoms with Crippen molar-refractivity contribution in [3.05, 3.63) is 77.9 Å². The van der Waals surface area contributed by atoms with Gasteiger partial charge in [-0.15, -0.1) is 0 Å². The SMILES string of the molecule is Clc1cccc(Nc2cccc(Oc3ccccc3)c2)n1. The number of hydrogen-bond acceptors (Lipinski definition) is 3. The van der Waals surface area contributed by atoms with Crippen molar-refractivity contribution in [1.82, 2.24) is 4.98 Å². The van der Waals surface area contributed by atoms with Gasteiger partial charge in [0.25, 0.3) is 0 Å². The summed E-state index contributed by atoms with van der Waals surface area (Å²) in [5.74, 6) is 2.25. The predicted molar refractivity (Wildman–Crippen MR) is 85.5 cm³/mol. The normalized spacial score (nSPS) is 10.1. The van der Waals surface area contributed by atoms with Gasteiger partial charge in [0.05, 0.1) is 0 Å². The second-order valence-electron chi connectivity index (χ2n) is 4.41. The zero-order chi connectivity index (χ0) is 14.5.